The second-order valence-corrected chi connectivity index (χ2v) is 4.52. The van der Waals surface area contributed by atoms with E-state index < -0.39 is 0 Å². The summed E-state index contributed by atoms with van der Waals surface area (Å²) in [6.07, 6.45) is 2.41. The predicted molar refractivity (Wildman–Crippen MR) is 67.5 cm³/mol. The van der Waals surface area contributed by atoms with Crippen LogP contribution in [0, 0.1) is 0 Å². The number of nitrogens with one attached hydrogen (secondary N) is 1. The average molecular weight is 233 g/mol. The van der Waals surface area contributed by atoms with Gasteiger partial charge in [-0.3, -0.25) is 4.79 Å². The summed E-state index contributed by atoms with van der Waals surface area (Å²) >= 11 is 0. The Morgan fingerprint density at radius 1 is 1.53 bits per heavy atom. The van der Waals surface area contributed by atoms with Crippen LogP contribution < -0.4 is 10.1 Å². The van der Waals surface area contributed by atoms with Gasteiger partial charge in [-0.15, -0.1) is 0 Å². The lowest BCUT2D eigenvalue weighted by molar-refractivity contribution is -0.120. The van der Waals surface area contributed by atoms with Crippen LogP contribution in [-0.4, -0.2) is 25.5 Å². The number of carbonyl (C=O) groups excluding carboxylic acids is 1. The fraction of sp³-hybridized carbons (Fsp3) is 0.500. The Labute approximate surface area is 102 Å². The van der Waals surface area contributed by atoms with Crippen LogP contribution in [0.15, 0.2) is 18.2 Å². The van der Waals surface area contributed by atoms with Crippen LogP contribution >= 0.6 is 0 Å². The maximum absolute atomic E-state index is 11.7. The Hall–Kier alpha value is -1.35. The third-order valence-electron chi connectivity index (χ3n) is 3.33. The number of aryl methyl sites for hydroxylation is 1. The standard InChI is InChI=1S/C14H19NO2/c1-10(15-2)13(16)5-3-11-4-6-14-12(9-11)7-8-17-14/h4,6,9-10,15H,3,5,7-8H2,1-2H3. The molecule has 1 aromatic rings. The van der Waals surface area contributed by atoms with E-state index in [1.54, 1.807) is 0 Å². The largest absolute Gasteiger partial charge is 0.493 e. The summed E-state index contributed by atoms with van der Waals surface area (Å²) in [6, 6.07) is 6.19. The molecular formula is C14H19NO2. The molecule has 0 saturated carbocycles. The zero-order valence-corrected chi connectivity index (χ0v) is 10.5. The van der Waals surface area contributed by atoms with E-state index in [2.05, 4.69) is 17.4 Å². The molecule has 0 saturated heterocycles. The van der Waals surface area contributed by atoms with E-state index in [1.807, 2.05) is 20.0 Å². The van der Waals surface area contributed by atoms with Crippen molar-refractivity contribution in [2.45, 2.75) is 32.2 Å². The van der Waals surface area contributed by atoms with Gasteiger partial charge >= 0.3 is 0 Å². The number of fused-ring (bicyclic) bond motifs is 1. The van der Waals surface area contributed by atoms with Crippen molar-refractivity contribution >= 4 is 5.78 Å². The molecule has 1 aliphatic heterocycles. The summed E-state index contributed by atoms with van der Waals surface area (Å²) in [5, 5.41) is 2.97. The van der Waals surface area contributed by atoms with Crippen molar-refractivity contribution in [1.82, 2.24) is 5.32 Å². The highest BCUT2D eigenvalue weighted by atomic mass is 16.5. The number of ketones is 1. The number of hydrogen-bond donors (Lipinski definition) is 1. The van der Waals surface area contributed by atoms with Crippen LogP contribution in [-0.2, 0) is 17.6 Å². The van der Waals surface area contributed by atoms with Crippen molar-refractivity contribution in [2.75, 3.05) is 13.7 Å². The Morgan fingerprint density at radius 2 is 2.35 bits per heavy atom. The highest BCUT2D eigenvalue weighted by molar-refractivity contribution is 5.83. The molecule has 0 fully saturated rings. The van der Waals surface area contributed by atoms with E-state index in [-0.39, 0.29) is 11.8 Å². The number of hydrogen-bond acceptors (Lipinski definition) is 3. The maximum atomic E-state index is 11.7. The van der Waals surface area contributed by atoms with Crippen molar-refractivity contribution in [3.05, 3.63) is 29.3 Å². The molecule has 1 heterocycles. The second-order valence-electron chi connectivity index (χ2n) is 4.52. The lowest BCUT2D eigenvalue weighted by Crippen LogP contribution is -2.30. The minimum absolute atomic E-state index is 0.0484. The second kappa shape index (κ2) is 5.32. The van der Waals surface area contributed by atoms with Gasteiger partial charge in [-0.1, -0.05) is 12.1 Å². The lowest BCUT2D eigenvalue weighted by atomic mass is 10.0. The summed E-state index contributed by atoms with van der Waals surface area (Å²) in [4.78, 5) is 11.7. The van der Waals surface area contributed by atoms with Gasteiger partial charge in [0.05, 0.1) is 12.6 Å². The van der Waals surface area contributed by atoms with Crippen molar-refractivity contribution in [3.8, 4) is 5.75 Å². The van der Waals surface area contributed by atoms with Gasteiger partial charge in [-0.05, 0) is 37.6 Å². The average Bonchev–Trinajstić information content (AvgIpc) is 2.82. The molecule has 17 heavy (non-hydrogen) atoms. The molecule has 1 aromatic carbocycles. The van der Waals surface area contributed by atoms with Crippen LogP contribution in [0.4, 0.5) is 0 Å². The van der Waals surface area contributed by atoms with Crippen LogP contribution in [0.1, 0.15) is 24.5 Å². The smallest absolute Gasteiger partial charge is 0.149 e. The van der Waals surface area contributed by atoms with E-state index in [9.17, 15) is 4.79 Å². The minimum Gasteiger partial charge on any atom is -0.493 e. The molecule has 0 aliphatic carbocycles. The fourth-order valence-corrected chi connectivity index (χ4v) is 2.04. The zero-order chi connectivity index (χ0) is 12.3. The third kappa shape index (κ3) is 2.86. The fourth-order valence-electron chi connectivity index (χ4n) is 2.04. The Kier molecular flexibility index (Phi) is 3.79. The van der Waals surface area contributed by atoms with E-state index in [0.29, 0.717) is 6.42 Å². The first-order chi connectivity index (χ1) is 8.20. The highest BCUT2D eigenvalue weighted by Crippen LogP contribution is 2.26. The monoisotopic (exact) mass is 233 g/mol. The molecule has 92 valence electrons. The SMILES string of the molecule is CNC(C)C(=O)CCc1ccc2c(c1)CCO2. The maximum Gasteiger partial charge on any atom is 0.149 e. The van der Waals surface area contributed by atoms with Gasteiger partial charge < -0.3 is 10.1 Å². The van der Waals surface area contributed by atoms with Crippen molar-refractivity contribution in [3.63, 3.8) is 0 Å². The van der Waals surface area contributed by atoms with Crippen LogP contribution in [0.5, 0.6) is 5.75 Å². The quantitative estimate of drug-likeness (QED) is 0.841. The number of ether oxygens (including phenoxy) is 1. The first kappa shape index (κ1) is 12.1. The number of benzene rings is 1. The summed E-state index contributed by atoms with van der Waals surface area (Å²) in [5.41, 5.74) is 2.50. The Bertz CT molecular complexity index is 415. The first-order valence-corrected chi connectivity index (χ1v) is 6.15. The third-order valence-corrected chi connectivity index (χ3v) is 3.33. The topological polar surface area (TPSA) is 38.3 Å². The molecule has 3 heteroatoms. The lowest BCUT2D eigenvalue weighted by Gasteiger charge is -2.09. The predicted octanol–water partition coefficient (Wildman–Crippen LogP) is 1.73. The van der Waals surface area contributed by atoms with Gasteiger partial charge in [-0.25, -0.2) is 0 Å². The summed E-state index contributed by atoms with van der Waals surface area (Å²) < 4.78 is 5.46. The van der Waals surface area contributed by atoms with Gasteiger partial charge in [0, 0.05) is 12.8 Å². The van der Waals surface area contributed by atoms with Crippen LogP contribution in [0.3, 0.4) is 0 Å². The van der Waals surface area contributed by atoms with Gasteiger partial charge in [0.2, 0.25) is 0 Å². The van der Waals surface area contributed by atoms with Crippen LogP contribution in [0.25, 0.3) is 0 Å². The molecule has 1 N–H and O–H groups in total. The number of likely N-dealkylation sites (N-methyl/N-ethyl adjacent to an activating group) is 1. The zero-order valence-electron chi connectivity index (χ0n) is 10.5. The van der Waals surface area contributed by atoms with Gasteiger partial charge in [0.15, 0.2) is 0 Å². The molecule has 1 atom stereocenters. The van der Waals surface area contributed by atoms with E-state index >= 15 is 0 Å². The molecule has 0 spiro atoms. The molecule has 1 aliphatic rings. The minimum atomic E-state index is -0.0484. The van der Waals surface area contributed by atoms with Crippen molar-refractivity contribution < 1.29 is 9.53 Å². The van der Waals surface area contributed by atoms with Gasteiger partial charge in [-0.2, -0.15) is 0 Å². The van der Waals surface area contributed by atoms with Gasteiger partial charge in [0.1, 0.15) is 11.5 Å². The van der Waals surface area contributed by atoms with Crippen molar-refractivity contribution in [1.29, 1.82) is 0 Å². The molecule has 2 rings (SSSR count). The molecule has 1 unspecified atom stereocenters. The van der Waals surface area contributed by atoms with Gasteiger partial charge in [0.25, 0.3) is 0 Å². The molecule has 0 amide bonds. The molecular weight excluding hydrogens is 214 g/mol. The van der Waals surface area contributed by atoms with E-state index in [1.165, 1.54) is 11.1 Å². The molecule has 0 bridgehead atoms. The number of carbonyl (C=O) groups is 1. The number of rotatable bonds is 5. The van der Waals surface area contributed by atoms with Crippen molar-refractivity contribution in [2.24, 2.45) is 0 Å². The Balaban J connectivity index is 1.93. The molecule has 0 aromatic heterocycles. The number of Topliss-reactive ketones (excluding diaryl/α,β-unsaturated/α-hetero) is 1. The first-order valence-electron chi connectivity index (χ1n) is 6.15. The highest BCUT2D eigenvalue weighted by Gasteiger charge is 2.13. The van der Waals surface area contributed by atoms with Crippen LogP contribution in [0.2, 0.25) is 0 Å². The Morgan fingerprint density at radius 3 is 3.12 bits per heavy atom. The normalized spacial score (nSPS) is 15.2. The molecule has 0 radical (unpaired) electrons. The van der Waals surface area contributed by atoms with E-state index in [4.69, 9.17) is 4.74 Å². The summed E-state index contributed by atoms with van der Waals surface area (Å²) in [6.45, 7) is 2.69. The summed E-state index contributed by atoms with van der Waals surface area (Å²) in [5.74, 6) is 1.27. The van der Waals surface area contributed by atoms with E-state index in [0.717, 1.165) is 25.2 Å². The summed E-state index contributed by atoms with van der Waals surface area (Å²) in [7, 11) is 1.81. The molecule has 3 nitrogen and oxygen atoms in total.